The van der Waals surface area contributed by atoms with Crippen LogP contribution in [-0.4, -0.2) is 37.1 Å². The number of carbonyl (C=O) groups is 1. The topological polar surface area (TPSA) is 29.5 Å². The fourth-order valence-corrected chi connectivity index (χ4v) is 3.01. The third-order valence-electron chi connectivity index (χ3n) is 4.06. The Labute approximate surface area is 123 Å². The first-order chi connectivity index (χ1) is 9.19. The monoisotopic (exact) mass is 279 g/mol. The molecular weight excluding hydrogens is 250 g/mol. The summed E-state index contributed by atoms with van der Waals surface area (Å²) in [6, 6.07) is 0. The molecule has 0 aromatic rings. The summed E-state index contributed by atoms with van der Waals surface area (Å²) in [7, 11) is 0. The van der Waals surface area contributed by atoms with Crippen LogP contribution in [-0.2, 0) is 9.53 Å². The van der Waals surface area contributed by atoms with Crippen LogP contribution in [0, 0.1) is 11.8 Å². The van der Waals surface area contributed by atoms with E-state index in [2.05, 4.69) is 30.1 Å². The maximum atomic E-state index is 11.6. The highest BCUT2D eigenvalue weighted by atomic mass is 16.5. The minimum atomic E-state index is -0.0435. The summed E-state index contributed by atoms with van der Waals surface area (Å²) in [5.41, 5.74) is 1.43. The molecule has 2 aliphatic rings. The quantitative estimate of drug-likeness (QED) is 0.722. The zero-order valence-corrected chi connectivity index (χ0v) is 12.1. The SMILES string of the molecule is C.CCOC(=O)CC1CN(CC2=CCCC=C2)CC1C. The highest BCUT2D eigenvalue weighted by molar-refractivity contribution is 5.69. The number of hydrogen-bond acceptors (Lipinski definition) is 3. The highest BCUT2D eigenvalue weighted by Crippen LogP contribution is 2.27. The molecule has 0 aromatic heterocycles. The number of hydrogen-bond donors (Lipinski definition) is 0. The Bertz CT molecular complexity index is 373. The van der Waals surface area contributed by atoms with E-state index in [1.807, 2.05) is 6.92 Å². The van der Waals surface area contributed by atoms with E-state index in [0.717, 1.165) is 19.6 Å². The van der Waals surface area contributed by atoms with Gasteiger partial charge in [-0.2, -0.15) is 0 Å². The van der Waals surface area contributed by atoms with Crippen molar-refractivity contribution >= 4 is 5.97 Å². The number of esters is 1. The van der Waals surface area contributed by atoms with Crippen LogP contribution in [0.5, 0.6) is 0 Å². The van der Waals surface area contributed by atoms with Gasteiger partial charge in [-0.05, 0) is 37.2 Å². The summed E-state index contributed by atoms with van der Waals surface area (Å²) in [5.74, 6) is 0.989. The molecule has 0 spiro atoms. The predicted octanol–water partition coefficient (Wildman–Crippen LogP) is 3.42. The van der Waals surface area contributed by atoms with Crippen molar-refractivity contribution in [2.24, 2.45) is 11.8 Å². The summed E-state index contributed by atoms with van der Waals surface area (Å²) in [5, 5.41) is 0. The Hall–Kier alpha value is -1.09. The van der Waals surface area contributed by atoms with Gasteiger partial charge in [0.15, 0.2) is 0 Å². The third kappa shape index (κ3) is 4.78. The zero-order chi connectivity index (χ0) is 13.7. The number of nitrogens with zero attached hydrogens (tertiary/aromatic N) is 1. The second-order valence-electron chi connectivity index (χ2n) is 5.70. The zero-order valence-electron chi connectivity index (χ0n) is 12.1. The fraction of sp³-hybridized carbons (Fsp3) is 0.706. The lowest BCUT2D eigenvalue weighted by atomic mass is 9.95. The molecule has 2 unspecified atom stereocenters. The van der Waals surface area contributed by atoms with Gasteiger partial charge in [0.1, 0.15) is 0 Å². The number of ether oxygens (including phenoxy) is 1. The molecule has 1 aliphatic heterocycles. The van der Waals surface area contributed by atoms with Crippen molar-refractivity contribution in [3.05, 3.63) is 23.8 Å². The molecule has 0 N–H and O–H groups in total. The average molecular weight is 279 g/mol. The van der Waals surface area contributed by atoms with Gasteiger partial charge in [0.05, 0.1) is 6.61 Å². The molecule has 0 radical (unpaired) electrons. The molecule has 1 fully saturated rings. The second kappa shape index (κ2) is 8.25. The molecule has 114 valence electrons. The number of likely N-dealkylation sites (tertiary alicyclic amines) is 1. The van der Waals surface area contributed by atoms with Crippen LogP contribution < -0.4 is 0 Å². The maximum Gasteiger partial charge on any atom is 0.306 e. The molecule has 0 saturated carbocycles. The van der Waals surface area contributed by atoms with Crippen LogP contribution in [0.4, 0.5) is 0 Å². The van der Waals surface area contributed by atoms with Gasteiger partial charge in [-0.25, -0.2) is 0 Å². The first-order valence-electron chi connectivity index (χ1n) is 7.42. The largest absolute Gasteiger partial charge is 0.466 e. The standard InChI is InChI=1S/C16H25NO2.CH4/c1-3-19-16(18)9-15-12-17(10-13(15)2)11-14-7-5-4-6-8-14;/h5,7-8,13,15H,3-4,6,9-12H2,1-2H3;1H4. The summed E-state index contributed by atoms with van der Waals surface area (Å²) in [4.78, 5) is 14.0. The lowest BCUT2D eigenvalue weighted by Gasteiger charge is -2.17. The fourth-order valence-electron chi connectivity index (χ4n) is 3.01. The van der Waals surface area contributed by atoms with E-state index in [9.17, 15) is 4.79 Å². The second-order valence-corrected chi connectivity index (χ2v) is 5.70. The van der Waals surface area contributed by atoms with Crippen LogP contribution in [0.15, 0.2) is 23.8 Å². The molecule has 3 nitrogen and oxygen atoms in total. The van der Waals surface area contributed by atoms with Crippen molar-refractivity contribution in [2.45, 2.75) is 40.5 Å². The molecular formula is C17H29NO2. The number of rotatable bonds is 5. The first kappa shape index (κ1) is 17.0. The highest BCUT2D eigenvalue weighted by Gasteiger charge is 2.31. The molecule has 0 amide bonds. The summed E-state index contributed by atoms with van der Waals surface area (Å²) >= 11 is 0. The molecule has 2 rings (SSSR count). The molecule has 1 saturated heterocycles. The van der Waals surface area contributed by atoms with E-state index in [-0.39, 0.29) is 13.4 Å². The Balaban J connectivity index is 0.00000200. The Kier molecular flexibility index (Phi) is 7.00. The number of allylic oxidation sites excluding steroid dienone is 2. The maximum absolute atomic E-state index is 11.6. The molecule has 2 atom stereocenters. The van der Waals surface area contributed by atoms with Crippen molar-refractivity contribution in [2.75, 3.05) is 26.2 Å². The first-order valence-corrected chi connectivity index (χ1v) is 7.42. The van der Waals surface area contributed by atoms with Gasteiger partial charge >= 0.3 is 5.97 Å². The predicted molar refractivity (Wildman–Crippen MR) is 83.5 cm³/mol. The lowest BCUT2D eigenvalue weighted by Crippen LogP contribution is -2.24. The lowest BCUT2D eigenvalue weighted by molar-refractivity contribution is -0.144. The Morgan fingerprint density at radius 3 is 2.85 bits per heavy atom. The van der Waals surface area contributed by atoms with Gasteiger partial charge in [0.2, 0.25) is 0 Å². The molecule has 20 heavy (non-hydrogen) atoms. The van der Waals surface area contributed by atoms with Crippen LogP contribution in [0.1, 0.15) is 40.5 Å². The van der Waals surface area contributed by atoms with Crippen molar-refractivity contribution < 1.29 is 9.53 Å². The summed E-state index contributed by atoms with van der Waals surface area (Å²) in [6.07, 6.45) is 9.74. The van der Waals surface area contributed by atoms with E-state index >= 15 is 0 Å². The average Bonchev–Trinajstić information content (AvgIpc) is 2.71. The van der Waals surface area contributed by atoms with Crippen molar-refractivity contribution in [1.82, 2.24) is 4.90 Å². The number of carbonyl (C=O) groups excluding carboxylic acids is 1. The van der Waals surface area contributed by atoms with Crippen molar-refractivity contribution in [1.29, 1.82) is 0 Å². The van der Waals surface area contributed by atoms with Gasteiger partial charge in [-0.15, -0.1) is 0 Å². The van der Waals surface area contributed by atoms with E-state index in [4.69, 9.17) is 4.74 Å². The molecule has 0 aromatic carbocycles. The van der Waals surface area contributed by atoms with Crippen molar-refractivity contribution in [3.63, 3.8) is 0 Å². The van der Waals surface area contributed by atoms with Gasteiger partial charge in [0, 0.05) is 26.1 Å². The minimum absolute atomic E-state index is 0. The van der Waals surface area contributed by atoms with Crippen LogP contribution in [0.3, 0.4) is 0 Å². The van der Waals surface area contributed by atoms with E-state index in [0.29, 0.717) is 24.9 Å². The molecule has 3 heteroatoms. The molecule has 1 aliphatic carbocycles. The molecule has 1 heterocycles. The van der Waals surface area contributed by atoms with Gasteiger partial charge in [0.25, 0.3) is 0 Å². The van der Waals surface area contributed by atoms with Crippen LogP contribution in [0.25, 0.3) is 0 Å². The van der Waals surface area contributed by atoms with Crippen LogP contribution >= 0.6 is 0 Å². The van der Waals surface area contributed by atoms with E-state index < -0.39 is 0 Å². The van der Waals surface area contributed by atoms with E-state index in [1.54, 1.807) is 0 Å². The summed E-state index contributed by atoms with van der Waals surface area (Å²) in [6.45, 7) is 7.74. The summed E-state index contributed by atoms with van der Waals surface area (Å²) < 4.78 is 5.06. The normalized spacial score (nSPS) is 26.0. The van der Waals surface area contributed by atoms with Gasteiger partial charge < -0.3 is 4.74 Å². The third-order valence-corrected chi connectivity index (χ3v) is 4.06. The van der Waals surface area contributed by atoms with Gasteiger partial charge in [-0.1, -0.05) is 32.6 Å². The smallest absolute Gasteiger partial charge is 0.306 e. The van der Waals surface area contributed by atoms with Crippen molar-refractivity contribution in [3.8, 4) is 0 Å². The van der Waals surface area contributed by atoms with Gasteiger partial charge in [-0.3, -0.25) is 9.69 Å². The Morgan fingerprint density at radius 1 is 1.40 bits per heavy atom. The Morgan fingerprint density at radius 2 is 2.20 bits per heavy atom. The van der Waals surface area contributed by atoms with Crippen LogP contribution in [0.2, 0.25) is 0 Å². The minimum Gasteiger partial charge on any atom is -0.466 e. The molecule has 0 bridgehead atoms. The van der Waals surface area contributed by atoms with E-state index in [1.165, 1.54) is 18.4 Å².